The fraction of sp³-hybridized carbons (Fsp3) is 0.0556. The van der Waals surface area contributed by atoms with Gasteiger partial charge in [0.25, 0.3) is 11.8 Å². The number of thiocarbonyl (C=S) groups is 1. The fourth-order valence-electron chi connectivity index (χ4n) is 1.84. The second-order valence-electron chi connectivity index (χ2n) is 4.85. The predicted octanol–water partition coefficient (Wildman–Crippen LogP) is 2.20. The van der Waals surface area contributed by atoms with Crippen LogP contribution in [0.3, 0.4) is 0 Å². The molecule has 2 rings (SSSR count). The highest BCUT2D eigenvalue weighted by molar-refractivity contribution is 7.80. The Morgan fingerprint density at radius 2 is 1.60 bits per heavy atom. The smallest absolute Gasteiger partial charge is 0.269 e. The van der Waals surface area contributed by atoms with E-state index in [0.29, 0.717) is 23.5 Å². The molecule has 2 amide bonds. The molecule has 0 bridgehead atoms. The Labute approximate surface area is 150 Å². The Balaban J connectivity index is 1.81. The maximum absolute atomic E-state index is 12.0. The number of carbonyl (C=O) groups is 2. The van der Waals surface area contributed by atoms with Crippen LogP contribution in [-0.4, -0.2) is 23.5 Å². The molecule has 7 heteroatoms. The van der Waals surface area contributed by atoms with Gasteiger partial charge in [0.05, 0.1) is 0 Å². The third-order valence-corrected chi connectivity index (χ3v) is 3.24. The Bertz CT molecular complexity index is 761. The van der Waals surface area contributed by atoms with Gasteiger partial charge in [-0.25, -0.2) is 0 Å². The summed E-state index contributed by atoms with van der Waals surface area (Å²) < 4.78 is 5.34. The number of amides is 2. The zero-order chi connectivity index (χ0) is 18.1. The first-order chi connectivity index (χ1) is 12.1. The Hall–Kier alpha value is -3.19. The van der Waals surface area contributed by atoms with Gasteiger partial charge < -0.3 is 4.74 Å². The van der Waals surface area contributed by atoms with E-state index in [1.165, 1.54) is 0 Å². The van der Waals surface area contributed by atoms with Crippen molar-refractivity contribution in [1.82, 2.24) is 16.2 Å². The molecule has 0 saturated carbocycles. The first kappa shape index (κ1) is 18.2. The lowest BCUT2D eigenvalue weighted by Gasteiger charge is -2.11. The van der Waals surface area contributed by atoms with Gasteiger partial charge in [-0.05, 0) is 48.6 Å². The molecule has 0 unspecified atom stereocenters. The van der Waals surface area contributed by atoms with Crippen LogP contribution in [-0.2, 0) is 0 Å². The molecule has 3 N–H and O–H groups in total. The molecule has 0 aliphatic rings. The second-order valence-corrected chi connectivity index (χ2v) is 5.26. The number of rotatable bonds is 5. The highest BCUT2D eigenvalue weighted by atomic mass is 32.1. The summed E-state index contributed by atoms with van der Waals surface area (Å²) in [6.45, 7) is 3.95. The van der Waals surface area contributed by atoms with Gasteiger partial charge >= 0.3 is 0 Å². The fourth-order valence-corrected chi connectivity index (χ4v) is 1.98. The Kier molecular flexibility index (Phi) is 6.67. The summed E-state index contributed by atoms with van der Waals surface area (Å²) in [5, 5.41) is 2.47. The van der Waals surface area contributed by atoms with Crippen LogP contribution in [0.15, 0.2) is 67.3 Å². The van der Waals surface area contributed by atoms with Crippen molar-refractivity contribution in [2.75, 3.05) is 6.61 Å². The van der Waals surface area contributed by atoms with Gasteiger partial charge in [0.15, 0.2) is 5.11 Å². The molecule has 0 aliphatic heterocycles. The van der Waals surface area contributed by atoms with E-state index in [0.717, 1.165) is 0 Å². The van der Waals surface area contributed by atoms with Crippen molar-refractivity contribution in [3.8, 4) is 5.75 Å². The van der Waals surface area contributed by atoms with Gasteiger partial charge in [-0.3, -0.25) is 25.8 Å². The van der Waals surface area contributed by atoms with Crippen molar-refractivity contribution in [3.05, 3.63) is 78.4 Å². The van der Waals surface area contributed by atoms with Crippen molar-refractivity contribution in [2.24, 2.45) is 0 Å². The van der Waals surface area contributed by atoms with Crippen LogP contribution in [0, 0.1) is 0 Å². The van der Waals surface area contributed by atoms with Crippen molar-refractivity contribution in [3.63, 3.8) is 0 Å². The van der Waals surface area contributed by atoms with Crippen LogP contribution >= 0.6 is 12.2 Å². The normalized spacial score (nSPS) is 9.60. The lowest BCUT2D eigenvalue weighted by Crippen LogP contribution is -2.48. The summed E-state index contributed by atoms with van der Waals surface area (Å²) in [4.78, 5) is 23.9. The quantitative estimate of drug-likeness (QED) is 0.435. The third-order valence-electron chi connectivity index (χ3n) is 3.04. The summed E-state index contributed by atoms with van der Waals surface area (Å²) in [6.07, 6.45) is 1.63. The zero-order valence-electron chi connectivity index (χ0n) is 13.3. The predicted molar refractivity (Wildman–Crippen MR) is 99.2 cm³/mol. The van der Waals surface area contributed by atoms with E-state index in [2.05, 4.69) is 22.7 Å². The largest absolute Gasteiger partial charge is 0.490 e. The maximum atomic E-state index is 12.0. The number of nitrogens with one attached hydrogen (secondary N) is 3. The molecule has 128 valence electrons. The topological polar surface area (TPSA) is 79.5 Å². The zero-order valence-corrected chi connectivity index (χ0v) is 14.1. The minimum absolute atomic E-state index is 0.00635. The van der Waals surface area contributed by atoms with E-state index in [1.807, 2.05) is 0 Å². The van der Waals surface area contributed by atoms with Crippen LogP contribution in [0.1, 0.15) is 20.7 Å². The number of carbonyl (C=O) groups excluding carboxylic acids is 2. The first-order valence-electron chi connectivity index (χ1n) is 7.40. The Morgan fingerprint density at radius 1 is 0.960 bits per heavy atom. The molecule has 0 aliphatic carbocycles. The molecule has 0 heterocycles. The van der Waals surface area contributed by atoms with Gasteiger partial charge in [0, 0.05) is 11.1 Å². The average molecular weight is 355 g/mol. The molecular weight excluding hydrogens is 338 g/mol. The molecule has 0 spiro atoms. The highest BCUT2D eigenvalue weighted by Crippen LogP contribution is 2.11. The number of hydrogen-bond donors (Lipinski definition) is 3. The SMILES string of the molecule is C=CCOc1ccc(C(=O)NNC(=S)NC(=O)c2ccccc2)cc1. The summed E-state index contributed by atoms with van der Waals surface area (Å²) in [5.41, 5.74) is 5.78. The molecule has 0 radical (unpaired) electrons. The van der Waals surface area contributed by atoms with Crippen LogP contribution in [0.25, 0.3) is 0 Å². The maximum Gasteiger partial charge on any atom is 0.269 e. The molecule has 2 aromatic carbocycles. The van der Waals surface area contributed by atoms with E-state index in [1.54, 1.807) is 60.7 Å². The van der Waals surface area contributed by atoms with E-state index in [4.69, 9.17) is 17.0 Å². The average Bonchev–Trinajstić information content (AvgIpc) is 2.65. The minimum atomic E-state index is -0.397. The molecular formula is C18H17N3O3S. The van der Waals surface area contributed by atoms with E-state index < -0.39 is 5.91 Å². The number of benzene rings is 2. The minimum Gasteiger partial charge on any atom is -0.490 e. The molecule has 6 nitrogen and oxygen atoms in total. The summed E-state index contributed by atoms with van der Waals surface area (Å²) in [7, 11) is 0. The molecule has 0 saturated heterocycles. The lowest BCUT2D eigenvalue weighted by molar-refractivity contribution is 0.0934. The van der Waals surface area contributed by atoms with Crippen LogP contribution < -0.4 is 20.9 Å². The highest BCUT2D eigenvalue weighted by Gasteiger charge is 2.09. The van der Waals surface area contributed by atoms with E-state index in [-0.39, 0.29) is 11.0 Å². The molecule has 0 aromatic heterocycles. The molecule has 25 heavy (non-hydrogen) atoms. The number of ether oxygens (including phenoxy) is 1. The number of hydrazine groups is 1. The monoisotopic (exact) mass is 355 g/mol. The summed E-state index contributed by atoms with van der Waals surface area (Å²) in [6, 6.07) is 15.2. The van der Waals surface area contributed by atoms with Gasteiger partial charge in [0.2, 0.25) is 0 Å². The van der Waals surface area contributed by atoms with Crippen molar-refractivity contribution in [2.45, 2.75) is 0 Å². The second kappa shape index (κ2) is 9.19. The van der Waals surface area contributed by atoms with Crippen molar-refractivity contribution < 1.29 is 14.3 Å². The van der Waals surface area contributed by atoms with Crippen LogP contribution in [0.4, 0.5) is 0 Å². The van der Waals surface area contributed by atoms with Gasteiger partial charge in [0.1, 0.15) is 12.4 Å². The molecule has 0 atom stereocenters. The van der Waals surface area contributed by atoms with Gasteiger partial charge in [-0.1, -0.05) is 30.9 Å². The molecule has 0 fully saturated rings. The molecule has 2 aromatic rings. The first-order valence-corrected chi connectivity index (χ1v) is 7.81. The number of hydrogen-bond acceptors (Lipinski definition) is 4. The summed E-state index contributed by atoms with van der Waals surface area (Å²) >= 11 is 4.98. The van der Waals surface area contributed by atoms with E-state index >= 15 is 0 Å². The van der Waals surface area contributed by atoms with Crippen LogP contribution in [0.2, 0.25) is 0 Å². The van der Waals surface area contributed by atoms with Gasteiger partial charge in [-0.2, -0.15) is 0 Å². The van der Waals surface area contributed by atoms with Crippen molar-refractivity contribution >= 4 is 29.1 Å². The van der Waals surface area contributed by atoms with Crippen molar-refractivity contribution in [1.29, 1.82) is 0 Å². The van der Waals surface area contributed by atoms with Gasteiger partial charge in [-0.15, -0.1) is 0 Å². The van der Waals surface area contributed by atoms with E-state index in [9.17, 15) is 9.59 Å². The summed E-state index contributed by atoms with van der Waals surface area (Å²) in [5.74, 6) is -0.127. The standard InChI is InChI=1S/C18H17N3O3S/c1-2-12-24-15-10-8-14(9-11-15)17(23)20-21-18(25)19-16(22)13-6-4-3-5-7-13/h2-11H,1,12H2,(H,20,23)(H2,19,21,22,25). The third kappa shape index (κ3) is 5.74. The Morgan fingerprint density at radius 3 is 2.24 bits per heavy atom. The lowest BCUT2D eigenvalue weighted by atomic mass is 10.2. The van der Waals surface area contributed by atoms with Crippen LogP contribution in [0.5, 0.6) is 5.75 Å².